The zero-order valence-electron chi connectivity index (χ0n) is 11.4. The summed E-state index contributed by atoms with van der Waals surface area (Å²) in [7, 11) is 0. The minimum atomic E-state index is -0.337. The van der Waals surface area contributed by atoms with Gasteiger partial charge in [0.2, 0.25) is 11.8 Å². The van der Waals surface area contributed by atoms with Crippen LogP contribution in [0.1, 0.15) is 46.0 Å². The molecule has 2 rings (SSSR count). The van der Waals surface area contributed by atoms with Crippen LogP contribution in [0.5, 0.6) is 0 Å². The summed E-state index contributed by atoms with van der Waals surface area (Å²) in [6, 6.07) is -0.337. The molecule has 0 aromatic heterocycles. The Balaban J connectivity index is 1.94. The Hall–Kier alpha value is -1.06. The Bertz CT molecular complexity index is 318. The number of piperidine rings is 1. The van der Waals surface area contributed by atoms with E-state index in [1.54, 1.807) is 0 Å². The van der Waals surface area contributed by atoms with Gasteiger partial charge in [0.1, 0.15) is 6.04 Å². The molecule has 0 unspecified atom stereocenters. The van der Waals surface area contributed by atoms with Gasteiger partial charge in [-0.3, -0.25) is 9.59 Å². The van der Waals surface area contributed by atoms with E-state index >= 15 is 0 Å². The maximum Gasteiger partial charge on any atom is 0.245 e. The van der Waals surface area contributed by atoms with Crippen molar-refractivity contribution >= 4 is 11.8 Å². The summed E-state index contributed by atoms with van der Waals surface area (Å²) in [6.07, 6.45) is 5.36. The molecule has 0 spiro atoms. The Morgan fingerprint density at radius 3 is 2.22 bits per heavy atom. The minimum Gasteiger partial charge on any atom is -0.344 e. The van der Waals surface area contributed by atoms with Gasteiger partial charge < -0.3 is 10.2 Å². The molecule has 2 amide bonds. The van der Waals surface area contributed by atoms with E-state index in [9.17, 15) is 9.59 Å². The van der Waals surface area contributed by atoms with Crippen molar-refractivity contribution < 1.29 is 9.59 Å². The molecular weight excluding hydrogens is 228 g/mol. The second-order valence-electron chi connectivity index (χ2n) is 5.89. The number of amides is 2. The van der Waals surface area contributed by atoms with Crippen LogP contribution in [0.4, 0.5) is 0 Å². The van der Waals surface area contributed by atoms with E-state index in [1.165, 1.54) is 6.42 Å². The second-order valence-corrected chi connectivity index (χ2v) is 5.89. The van der Waals surface area contributed by atoms with Crippen molar-refractivity contribution in [2.24, 2.45) is 11.8 Å². The van der Waals surface area contributed by atoms with Gasteiger partial charge in [-0.1, -0.05) is 13.8 Å². The molecule has 0 radical (unpaired) electrons. The zero-order valence-corrected chi connectivity index (χ0v) is 11.4. The average molecular weight is 252 g/mol. The summed E-state index contributed by atoms with van der Waals surface area (Å²) < 4.78 is 0. The maximum atomic E-state index is 12.4. The Labute approximate surface area is 109 Å². The van der Waals surface area contributed by atoms with Crippen molar-refractivity contribution in [2.75, 3.05) is 13.1 Å². The van der Waals surface area contributed by atoms with Crippen LogP contribution in [0.3, 0.4) is 0 Å². The van der Waals surface area contributed by atoms with Crippen LogP contribution in [0, 0.1) is 11.8 Å². The van der Waals surface area contributed by atoms with E-state index in [4.69, 9.17) is 0 Å². The van der Waals surface area contributed by atoms with E-state index in [0.29, 0.717) is 0 Å². The molecule has 18 heavy (non-hydrogen) atoms. The van der Waals surface area contributed by atoms with Gasteiger partial charge >= 0.3 is 0 Å². The van der Waals surface area contributed by atoms with Gasteiger partial charge in [-0.2, -0.15) is 0 Å². The van der Waals surface area contributed by atoms with Crippen LogP contribution in [-0.2, 0) is 9.59 Å². The molecule has 2 aliphatic rings. The molecule has 1 saturated carbocycles. The lowest BCUT2D eigenvalue weighted by Crippen LogP contribution is -2.52. The summed E-state index contributed by atoms with van der Waals surface area (Å²) >= 11 is 0. The molecule has 4 heteroatoms. The van der Waals surface area contributed by atoms with Crippen LogP contribution < -0.4 is 5.32 Å². The first-order chi connectivity index (χ1) is 8.59. The SMILES string of the molecule is CC(C)[C@H](NC(=O)C1CC1)C(=O)N1CCCCC1. The largest absolute Gasteiger partial charge is 0.344 e. The quantitative estimate of drug-likeness (QED) is 0.825. The van der Waals surface area contributed by atoms with Gasteiger partial charge in [0, 0.05) is 19.0 Å². The first-order valence-corrected chi connectivity index (χ1v) is 7.18. The smallest absolute Gasteiger partial charge is 0.245 e. The fraction of sp³-hybridized carbons (Fsp3) is 0.857. The second kappa shape index (κ2) is 5.72. The van der Waals surface area contributed by atoms with Crippen molar-refractivity contribution in [1.29, 1.82) is 0 Å². The van der Waals surface area contributed by atoms with Crippen molar-refractivity contribution in [3.8, 4) is 0 Å². The summed E-state index contributed by atoms with van der Waals surface area (Å²) in [5.41, 5.74) is 0. The molecule has 1 atom stereocenters. The number of carbonyl (C=O) groups is 2. The first kappa shape index (κ1) is 13.4. The monoisotopic (exact) mass is 252 g/mol. The van der Waals surface area contributed by atoms with Crippen molar-refractivity contribution in [3.05, 3.63) is 0 Å². The van der Waals surface area contributed by atoms with E-state index in [0.717, 1.165) is 38.8 Å². The summed E-state index contributed by atoms with van der Waals surface area (Å²) in [5, 5.41) is 2.95. The van der Waals surface area contributed by atoms with Crippen molar-refractivity contribution in [1.82, 2.24) is 10.2 Å². The third-order valence-corrected chi connectivity index (χ3v) is 3.85. The fourth-order valence-electron chi connectivity index (χ4n) is 2.44. The molecule has 2 fully saturated rings. The average Bonchev–Trinajstić information content (AvgIpc) is 3.20. The molecule has 4 nitrogen and oxygen atoms in total. The van der Waals surface area contributed by atoms with Crippen molar-refractivity contribution in [3.63, 3.8) is 0 Å². The zero-order chi connectivity index (χ0) is 13.1. The molecule has 1 aliphatic carbocycles. The third kappa shape index (κ3) is 3.24. The number of nitrogens with zero attached hydrogens (tertiary/aromatic N) is 1. The molecule has 0 aromatic rings. The fourth-order valence-corrected chi connectivity index (χ4v) is 2.44. The summed E-state index contributed by atoms with van der Waals surface area (Å²) in [4.78, 5) is 26.2. The molecular formula is C14H24N2O2. The molecule has 1 aliphatic heterocycles. The highest BCUT2D eigenvalue weighted by Crippen LogP contribution is 2.29. The van der Waals surface area contributed by atoms with Gasteiger partial charge in [-0.25, -0.2) is 0 Å². The van der Waals surface area contributed by atoms with Gasteiger partial charge in [0.15, 0.2) is 0 Å². The first-order valence-electron chi connectivity index (χ1n) is 7.18. The van der Waals surface area contributed by atoms with Crippen LogP contribution in [0.2, 0.25) is 0 Å². The van der Waals surface area contributed by atoms with Crippen LogP contribution in [0.25, 0.3) is 0 Å². The lowest BCUT2D eigenvalue weighted by atomic mass is 10.0. The summed E-state index contributed by atoms with van der Waals surface area (Å²) in [5.74, 6) is 0.500. The Kier molecular flexibility index (Phi) is 4.25. The van der Waals surface area contributed by atoms with Gasteiger partial charge in [-0.15, -0.1) is 0 Å². The molecule has 0 bridgehead atoms. The van der Waals surface area contributed by atoms with Gasteiger partial charge in [0.05, 0.1) is 0 Å². The number of nitrogens with one attached hydrogen (secondary N) is 1. The number of carbonyl (C=O) groups excluding carboxylic acids is 2. The number of likely N-dealkylation sites (tertiary alicyclic amines) is 1. The van der Waals surface area contributed by atoms with Gasteiger partial charge in [-0.05, 0) is 38.0 Å². The normalized spacial score (nSPS) is 21.8. The van der Waals surface area contributed by atoms with E-state index in [-0.39, 0.29) is 29.7 Å². The van der Waals surface area contributed by atoms with E-state index in [1.807, 2.05) is 18.7 Å². The van der Waals surface area contributed by atoms with Crippen molar-refractivity contribution in [2.45, 2.75) is 52.0 Å². The van der Waals surface area contributed by atoms with Crippen LogP contribution in [-0.4, -0.2) is 35.8 Å². The molecule has 1 heterocycles. The topological polar surface area (TPSA) is 49.4 Å². The molecule has 102 valence electrons. The van der Waals surface area contributed by atoms with E-state index in [2.05, 4.69) is 5.32 Å². The number of rotatable bonds is 4. The number of hydrogen-bond acceptors (Lipinski definition) is 2. The maximum absolute atomic E-state index is 12.4. The molecule has 0 aromatic carbocycles. The highest BCUT2D eigenvalue weighted by molar-refractivity contribution is 5.89. The van der Waals surface area contributed by atoms with Crippen LogP contribution >= 0.6 is 0 Å². The minimum absolute atomic E-state index is 0.0686. The predicted molar refractivity (Wildman–Crippen MR) is 69.9 cm³/mol. The Morgan fingerprint density at radius 2 is 1.72 bits per heavy atom. The summed E-state index contributed by atoms with van der Waals surface area (Å²) in [6.45, 7) is 5.70. The predicted octanol–water partition coefficient (Wildman–Crippen LogP) is 1.55. The van der Waals surface area contributed by atoms with Gasteiger partial charge in [0.25, 0.3) is 0 Å². The van der Waals surface area contributed by atoms with E-state index < -0.39 is 0 Å². The lowest BCUT2D eigenvalue weighted by molar-refractivity contribution is -0.138. The Morgan fingerprint density at radius 1 is 1.11 bits per heavy atom. The third-order valence-electron chi connectivity index (χ3n) is 3.85. The number of hydrogen-bond donors (Lipinski definition) is 1. The highest BCUT2D eigenvalue weighted by atomic mass is 16.2. The van der Waals surface area contributed by atoms with Crippen LogP contribution in [0.15, 0.2) is 0 Å². The molecule has 1 N–H and O–H groups in total. The lowest BCUT2D eigenvalue weighted by Gasteiger charge is -2.32. The molecule has 1 saturated heterocycles. The highest BCUT2D eigenvalue weighted by Gasteiger charge is 2.35. The standard InChI is InChI=1S/C14H24N2O2/c1-10(2)12(15-13(17)11-6-7-11)14(18)16-8-4-3-5-9-16/h10-12H,3-9H2,1-2H3,(H,15,17)/t12-/m0/s1.